The molecule has 3 rings (SSSR count). The van der Waals surface area contributed by atoms with Crippen LogP contribution in [0.3, 0.4) is 0 Å². The Morgan fingerprint density at radius 2 is 1.88 bits per heavy atom. The van der Waals surface area contributed by atoms with Crippen molar-refractivity contribution in [3.63, 3.8) is 0 Å². The summed E-state index contributed by atoms with van der Waals surface area (Å²) < 4.78 is 46.2. The molecule has 136 valence electrons. The Morgan fingerprint density at radius 1 is 1.16 bits per heavy atom. The van der Waals surface area contributed by atoms with Gasteiger partial charge in [-0.05, 0) is 44.1 Å². The number of aromatic nitrogens is 2. The zero-order chi connectivity index (χ0) is 17.9. The smallest absolute Gasteiger partial charge is 0.419 e. The van der Waals surface area contributed by atoms with E-state index in [2.05, 4.69) is 16.1 Å². The van der Waals surface area contributed by atoms with Crippen molar-refractivity contribution in [2.45, 2.75) is 24.9 Å². The molecule has 1 aliphatic rings. The van der Waals surface area contributed by atoms with Crippen LogP contribution in [-0.2, 0) is 13.2 Å². The zero-order valence-electron chi connectivity index (χ0n) is 14.2. The first-order chi connectivity index (χ1) is 11.9. The molecule has 0 amide bonds. The number of hydrogen-bond donors (Lipinski definition) is 0. The van der Waals surface area contributed by atoms with Gasteiger partial charge in [-0.1, -0.05) is 12.1 Å². The number of alkyl halides is 3. The molecule has 0 bridgehead atoms. The van der Waals surface area contributed by atoms with E-state index in [0.29, 0.717) is 12.5 Å². The normalized spacial score (nSPS) is 17.0. The molecule has 2 heterocycles. The van der Waals surface area contributed by atoms with Crippen LogP contribution in [0, 0.1) is 0 Å². The maximum atomic E-state index is 12.9. The summed E-state index contributed by atoms with van der Waals surface area (Å²) in [6.07, 6.45) is -0.525. The first kappa shape index (κ1) is 17.8. The van der Waals surface area contributed by atoms with Gasteiger partial charge in [-0.3, -0.25) is 9.58 Å². The van der Waals surface area contributed by atoms with Crippen LogP contribution in [-0.4, -0.2) is 40.9 Å². The number of piperidine rings is 1. The minimum atomic E-state index is -4.39. The summed E-state index contributed by atoms with van der Waals surface area (Å²) in [4.78, 5) is 2.24. The van der Waals surface area contributed by atoms with Crippen molar-refractivity contribution < 1.29 is 17.9 Å². The van der Waals surface area contributed by atoms with Crippen LogP contribution in [0.2, 0.25) is 0 Å². The Morgan fingerprint density at radius 3 is 2.52 bits per heavy atom. The third-order valence-electron chi connectivity index (χ3n) is 4.72. The van der Waals surface area contributed by atoms with Crippen molar-refractivity contribution in [2.24, 2.45) is 7.05 Å². The number of benzene rings is 1. The average molecular weight is 353 g/mol. The molecular formula is C18H22F3N3O. The van der Waals surface area contributed by atoms with Crippen LogP contribution in [0.4, 0.5) is 13.2 Å². The van der Waals surface area contributed by atoms with Gasteiger partial charge >= 0.3 is 6.18 Å². The second kappa shape index (κ2) is 7.47. The lowest BCUT2D eigenvalue weighted by molar-refractivity contribution is -0.139. The summed E-state index contributed by atoms with van der Waals surface area (Å²) in [6, 6.07) is 7.41. The molecule has 0 atom stereocenters. The van der Waals surface area contributed by atoms with E-state index in [1.807, 2.05) is 17.9 Å². The fourth-order valence-electron chi connectivity index (χ4n) is 3.35. The van der Waals surface area contributed by atoms with Crippen LogP contribution in [0.1, 0.15) is 30.0 Å². The van der Waals surface area contributed by atoms with Crippen molar-refractivity contribution in [2.75, 3.05) is 26.2 Å². The maximum absolute atomic E-state index is 12.9. The van der Waals surface area contributed by atoms with E-state index in [1.165, 1.54) is 17.8 Å². The Labute approximate surface area is 145 Å². The summed E-state index contributed by atoms with van der Waals surface area (Å²) in [6.45, 7) is 2.72. The number of aryl methyl sites for hydroxylation is 1. The SMILES string of the molecule is Cn1nccc1C1CCN(CCOc2ccccc2C(F)(F)F)CC1. The number of halogens is 3. The molecule has 0 aliphatic carbocycles. The highest BCUT2D eigenvalue weighted by atomic mass is 19.4. The third-order valence-corrected chi connectivity index (χ3v) is 4.72. The van der Waals surface area contributed by atoms with Crippen LogP contribution >= 0.6 is 0 Å². The van der Waals surface area contributed by atoms with Gasteiger partial charge in [0.05, 0.1) is 5.56 Å². The van der Waals surface area contributed by atoms with Crippen molar-refractivity contribution >= 4 is 0 Å². The van der Waals surface area contributed by atoms with Crippen LogP contribution in [0.25, 0.3) is 0 Å². The molecule has 1 aromatic carbocycles. The number of nitrogens with zero attached hydrogens (tertiary/aromatic N) is 3. The molecule has 2 aromatic rings. The second-order valence-electron chi connectivity index (χ2n) is 6.34. The molecule has 0 saturated carbocycles. The number of rotatable bonds is 5. The predicted molar refractivity (Wildman–Crippen MR) is 88.6 cm³/mol. The lowest BCUT2D eigenvalue weighted by Gasteiger charge is -2.31. The quantitative estimate of drug-likeness (QED) is 0.821. The Kier molecular flexibility index (Phi) is 5.32. The number of likely N-dealkylation sites (tertiary alicyclic amines) is 1. The van der Waals surface area contributed by atoms with E-state index in [4.69, 9.17) is 4.74 Å². The van der Waals surface area contributed by atoms with Crippen molar-refractivity contribution in [3.8, 4) is 5.75 Å². The van der Waals surface area contributed by atoms with Gasteiger partial charge in [-0.2, -0.15) is 18.3 Å². The monoisotopic (exact) mass is 353 g/mol. The molecule has 0 N–H and O–H groups in total. The summed E-state index contributed by atoms with van der Waals surface area (Å²) in [5.74, 6) is 0.399. The molecule has 1 aliphatic heterocycles. The first-order valence-electron chi connectivity index (χ1n) is 8.44. The van der Waals surface area contributed by atoms with Crippen molar-refractivity contribution in [1.29, 1.82) is 0 Å². The fraction of sp³-hybridized carbons (Fsp3) is 0.500. The highest BCUT2D eigenvalue weighted by Gasteiger charge is 2.34. The molecule has 25 heavy (non-hydrogen) atoms. The lowest BCUT2D eigenvalue weighted by Crippen LogP contribution is -2.36. The van der Waals surface area contributed by atoms with E-state index in [0.717, 1.165) is 32.0 Å². The van der Waals surface area contributed by atoms with Gasteiger partial charge in [0.15, 0.2) is 0 Å². The first-order valence-corrected chi connectivity index (χ1v) is 8.44. The van der Waals surface area contributed by atoms with Gasteiger partial charge in [0.25, 0.3) is 0 Å². The minimum absolute atomic E-state index is 0.0974. The molecule has 1 saturated heterocycles. The lowest BCUT2D eigenvalue weighted by atomic mass is 9.93. The summed E-state index contributed by atoms with van der Waals surface area (Å²) in [5, 5.41) is 4.21. The predicted octanol–water partition coefficient (Wildman–Crippen LogP) is 3.70. The minimum Gasteiger partial charge on any atom is -0.492 e. The van der Waals surface area contributed by atoms with Gasteiger partial charge in [0.2, 0.25) is 0 Å². The second-order valence-corrected chi connectivity index (χ2v) is 6.34. The molecule has 0 unspecified atom stereocenters. The Balaban J connectivity index is 1.48. The summed E-state index contributed by atoms with van der Waals surface area (Å²) in [5.41, 5.74) is 0.528. The molecule has 1 aromatic heterocycles. The van der Waals surface area contributed by atoms with Crippen molar-refractivity contribution in [1.82, 2.24) is 14.7 Å². The van der Waals surface area contributed by atoms with Crippen molar-refractivity contribution in [3.05, 3.63) is 47.8 Å². The maximum Gasteiger partial charge on any atom is 0.419 e. The van der Waals surface area contributed by atoms with Crippen LogP contribution < -0.4 is 4.74 Å². The van der Waals surface area contributed by atoms with E-state index in [9.17, 15) is 13.2 Å². The summed E-state index contributed by atoms with van der Waals surface area (Å²) in [7, 11) is 1.95. The topological polar surface area (TPSA) is 30.3 Å². The zero-order valence-corrected chi connectivity index (χ0v) is 14.2. The van der Waals surface area contributed by atoms with Crippen LogP contribution in [0.5, 0.6) is 5.75 Å². The standard InChI is InChI=1S/C18H22F3N3O/c1-23-16(6-9-22-23)14-7-10-24(11-8-14)12-13-25-17-5-3-2-4-15(17)18(19,20)21/h2-6,9,14H,7-8,10-13H2,1H3. The number of para-hydroxylation sites is 1. The van der Waals surface area contributed by atoms with E-state index >= 15 is 0 Å². The highest BCUT2D eigenvalue weighted by Crippen LogP contribution is 2.36. The van der Waals surface area contributed by atoms with E-state index in [-0.39, 0.29) is 12.4 Å². The van der Waals surface area contributed by atoms with Crippen LogP contribution in [0.15, 0.2) is 36.5 Å². The van der Waals surface area contributed by atoms with Gasteiger partial charge in [0.1, 0.15) is 12.4 Å². The molecule has 4 nitrogen and oxygen atoms in total. The van der Waals surface area contributed by atoms with Gasteiger partial charge in [0, 0.05) is 31.4 Å². The average Bonchev–Trinajstić information content (AvgIpc) is 3.01. The largest absolute Gasteiger partial charge is 0.492 e. The molecule has 0 spiro atoms. The van der Waals surface area contributed by atoms with Gasteiger partial charge in [-0.25, -0.2) is 0 Å². The fourth-order valence-corrected chi connectivity index (χ4v) is 3.35. The molecule has 1 fully saturated rings. The van der Waals surface area contributed by atoms with Gasteiger partial charge < -0.3 is 4.74 Å². The number of hydrogen-bond acceptors (Lipinski definition) is 3. The third kappa shape index (κ3) is 4.34. The molecule has 7 heteroatoms. The summed E-state index contributed by atoms with van der Waals surface area (Å²) >= 11 is 0. The number of ether oxygens (including phenoxy) is 1. The highest BCUT2D eigenvalue weighted by molar-refractivity contribution is 5.35. The molecular weight excluding hydrogens is 331 g/mol. The Hall–Kier alpha value is -2.02. The molecule has 0 radical (unpaired) electrons. The van der Waals surface area contributed by atoms with E-state index < -0.39 is 11.7 Å². The van der Waals surface area contributed by atoms with E-state index in [1.54, 1.807) is 6.07 Å². The Bertz CT molecular complexity index is 691. The van der Waals surface area contributed by atoms with Gasteiger partial charge in [-0.15, -0.1) is 0 Å².